The number of anilines is 2. The summed E-state index contributed by atoms with van der Waals surface area (Å²) in [5, 5.41) is 19.1. The lowest BCUT2D eigenvalue weighted by Gasteiger charge is -2.36. The van der Waals surface area contributed by atoms with Gasteiger partial charge in [-0.3, -0.25) is 19.8 Å². The molecule has 3 aliphatic heterocycles. The third-order valence-electron chi connectivity index (χ3n) is 11.3. The molecule has 4 aliphatic rings. The first-order valence-electron chi connectivity index (χ1n) is 18.2. The van der Waals surface area contributed by atoms with Crippen LogP contribution < -0.4 is 10.2 Å². The zero-order valence-electron chi connectivity index (χ0n) is 29.9. The maximum atomic E-state index is 13.1. The van der Waals surface area contributed by atoms with Crippen LogP contribution in [0.15, 0.2) is 65.2 Å². The van der Waals surface area contributed by atoms with Gasteiger partial charge in [0.1, 0.15) is 5.76 Å². The van der Waals surface area contributed by atoms with Crippen LogP contribution in [0.3, 0.4) is 0 Å². The Labute approximate surface area is 303 Å². The second-order valence-corrected chi connectivity index (χ2v) is 14.9. The number of amides is 4. The van der Waals surface area contributed by atoms with Gasteiger partial charge in [-0.05, 0) is 118 Å². The summed E-state index contributed by atoms with van der Waals surface area (Å²) in [6, 6.07) is 23.2. The molecule has 1 aromatic heterocycles. The van der Waals surface area contributed by atoms with Gasteiger partial charge < -0.3 is 9.42 Å². The van der Waals surface area contributed by atoms with Crippen LogP contribution in [0.4, 0.5) is 16.2 Å². The van der Waals surface area contributed by atoms with E-state index in [-0.39, 0.29) is 30.2 Å². The first-order chi connectivity index (χ1) is 25.1. The van der Waals surface area contributed by atoms with Gasteiger partial charge in [0.15, 0.2) is 0 Å². The Balaban J connectivity index is 0.971. The Morgan fingerprint density at radius 2 is 1.73 bits per heavy atom. The van der Waals surface area contributed by atoms with Crippen molar-refractivity contribution in [1.82, 2.24) is 25.4 Å². The van der Waals surface area contributed by atoms with Crippen LogP contribution in [0.1, 0.15) is 76.2 Å². The maximum absolute atomic E-state index is 13.1. The highest BCUT2D eigenvalue weighted by atomic mass is 16.5. The molecule has 1 aliphatic carbocycles. The summed E-state index contributed by atoms with van der Waals surface area (Å²) in [5.74, 6) is 0.747. The molecule has 3 aromatic carbocycles. The molecule has 266 valence electrons. The highest BCUT2D eigenvalue weighted by molar-refractivity contribution is 6.02. The number of benzene rings is 3. The number of hydrazine groups is 1. The molecule has 4 heterocycles. The van der Waals surface area contributed by atoms with E-state index in [9.17, 15) is 19.6 Å². The molecule has 4 amide bonds. The van der Waals surface area contributed by atoms with E-state index in [0.29, 0.717) is 18.0 Å². The summed E-state index contributed by atoms with van der Waals surface area (Å²) in [7, 11) is 0. The molecule has 1 saturated carbocycles. The minimum Gasteiger partial charge on any atom is -0.361 e. The van der Waals surface area contributed by atoms with Crippen molar-refractivity contribution in [2.45, 2.75) is 71.4 Å². The number of aromatic nitrogens is 1. The van der Waals surface area contributed by atoms with Gasteiger partial charge in [-0.2, -0.15) is 5.26 Å². The van der Waals surface area contributed by atoms with Gasteiger partial charge >= 0.3 is 6.03 Å². The van der Waals surface area contributed by atoms with Crippen molar-refractivity contribution in [3.63, 3.8) is 0 Å². The first-order valence-corrected chi connectivity index (χ1v) is 18.2. The molecule has 4 aromatic rings. The number of urea groups is 1. The molecule has 1 N–H and O–H groups in total. The zero-order chi connectivity index (χ0) is 36.1. The number of nitrogens with one attached hydrogen (secondary N) is 1. The van der Waals surface area contributed by atoms with Gasteiger partial charge in [0.05, 0.1) is 30.3 Å². The molecule has 0 bridgehead atoms. The fourth-order valence-electron chi connectivity index (χ4n) is 8.13. The molecule has 11 heteroatoms. The highest BCUT2D eigenvalue weighted by Gasteiger charge is 2.45. The lowest BCUT2D eigenvalue weighted by Crippen LogP contribution is -2.56. The zero-order valence-corrected chi connectivity index (χ0v) is 29.9. The van der Waals surface area contributed by atoms with Crippen molar-refractivity contribution >= 4 is 29.2 Å². The highest BCUT2D eigenvalue weighted by Crippen LogP contribution is 2.48. The quantitative estimate of drug-likeness (QED) is 0.205. The molecule has 0 atom stereocenters. The van der Waals surface area contributed by atoms with Crippen molar-refractivity contribution in [2.75, 3.05) is 31.1 Å². The lowest BCUT2D eigenvalue weighted by molar-refractivity contribution is -0.123. The van der Waals surface area contributed by atoms with Gasteiger partial charge in [-0.1, -0.05) is 41.6 Å². The van der Waals surface area contributed by atoms with Gasteiger partial charge in [0.2, 0.25) is 5.91 Å². The van der Waals surface area contributed by atoms with Crippen LogP contribution in [0.2, 0.25) is 0 Å². The number of rotatable bonds is 9. The minimum absolute atomic E-state index is 0.175. The summed E-state index contributed by atoms with van der Waals surface area (Å²) in [6.07, 6.45) is 4.12. The predicted octanol–water partition coefficient (Wildman–Crippen LogP) is 6.69. The topological polar surface area (TPSA) is 126 Å². The summed E-state index contributed by atoms with van der Waals surface area (Å²) in [4.78, 5) is 42.1. The smallest absolute Gasteiger partial charge is 0.342 e. The third kappa shape index (κ3) is 6.21. The van der Waals surface area contributed by atoms with Crippen molar-refractivity contribution in [3.8, 4) is 17.2 Å². The normalized spacial score (nSPS) is 18.7. The molecule has 0 radical (unpaired) electrons. The van der Waals surface area contributed by atoms with E-state index >= 15 is 0 Å². The fourth-order valence-corrected chi connectivity index (χ4v) is 8.13. The van der Waals surface area contributed by atoms with Crippen LogP contribution in [0, 0.1) is 38.0 Å². The van der Waals surface area contributed by atoms with Crippen LogP contribution in [-0.4, -0.2) is 64.1 Å². The molecule has 0 unspecified atom stereocenters. The van der Waals surface area contributed by atoms with Gasteiger partial charge in [0, 0.05) is 42.0 Å². The second kappa shape index (κ2) is 13.3. The number of imide groups is 1. The summed E-state index contributed by atoms with van der Waals surface area (Å²) in [5.41, 5.74) is 9.89. The number of hydrogen-bond donors (Lipinski definition) is 1. The van der Waals surface area contributed by atoms with Crippen molar-refractivity contribution in [2.24, 2.45) is 5.92 Å². The molecular formula is C41H43N7O4. The number of nitrogens with zero attached hydrogens (tertiary/aromatic N) is 6. The van der Waals surface area contributed by atoms with Gasteiger partial charge in [-0.25, -0.2) is 14.8 Å². The number of carbonyl (C=O) groups excluding carboxylic acids is 3. The molecule has 8 rings (SSSR count). The Hall–Kier alpha value is -5.47. The van der Waals surface area contributed by atoms with Crippen molar-refractivity contribution in [1.29, 1.82) is 5.26 Å². The van der Waals surface area contributed by atoms with E-state index < -0.39 is 6.03 Å². The molecular weight excluding hydrogens is 654 g/mol. The average molecular weight is 698 g/mol. The van der Waals surface area contributed by atoms with Gasteiger partial charge in [0.25, 0.3) is 5.91 Å². The molecule has 2 saturated heterocycles. The van der Waals surface area contributed by atoms with E-state index in [1.165, 1.54) is 15.6 Å². The van der Waals surface area contributed by atoms with Crippen molar-refractivity contribution < 1.29 is 18.9 Å². The number of aryl methyl sites for hydroxylation is 3. The summed E-state index contributed by atoms with van der Waals surface area (Å²) >= 11 is 0. The Morgan fingerprint density at radius 1 is 0.962 bits per heavy atom. The second-order valence-electron chi connectivity index (χ2n) is 14.9. The molecule has 0 spiro atoms. The van der Waals surface area contributed by atoms with Crippen molar-refractivity contribution in [3.05, 3.63) is 99.9 Å². The number of nitriles is 1. The number of fused-ring (bicyclic) bond motifs is 1. The molecule has 52 heavy (non-hydrogen) atoms. The van der Waals surface area contributed by atoms with Gasteiger partial charge in [-0.15, -0.1) is 0 Å². The number of likely N-dealkylation sites (tertiary alicyclic amines) is 1. The van der Waals surface area contributed by atoms with E-state index in [4.69, 9.17) is 4.52 Å². The van der Waals surface area contributed by atoms with E-state index in [2.05, 4.69) is 81.8 Å². The fraction of sp³-hybridized carbons (Fsp3) is 0.390. The Morgan fingerprint density at radius 3 is 2.40 bits per heavy atom. The largest absolute Gasteiger partial charge is 0.361 e. The standard InChI is InChI=1S/C41H43N7O4/c1-26-4-6-31(38-27(2)44-52-28(38)3)21-36(26)46(34-9-7-33(8-10-34)41(25-42)15-16-41)23-29-12-17-45(18-13-29)22-30-5-11-35-32(20-30)24-48(39(35)50)47-19-14-37(49)43-40(47)51/h4-11,20-21,29H,12-19,22-24H2,1-3H3,(H,43,49,51). The Bertz CT molecular complexity index is 2080. The monoisotopic (exact) mass is 697 g/mol. The lowest BCUT2D eigenvalue weighted by atomic mass is 9.93. The maximum Gasteiger partial charge on any atom is 0.342 e. The van der Waals surface area contributed by atoms with Crippen LogP contribution in [-0.2, 0) is 23.3 Å². The number of hydrogen-bond acceptors (Lipinski definition) is 8. The predicted molar refractivity (Wildman–Crippen MR) is 195 cm³/mol. The minimum atomic E-state index is -0.551. The number of carbonyl (C=O) groups is 3. The van der Waals surface area contributed by atoms with E-state index in [0.717, 1.165) is 103 Å². The number of piperidine rings is 1. The third-order valence-corrected chi connectivity index (χ3v) is 11.3. The summed E-state index contributed by atoms with van der Waals surface area (Å²) in [6.45, 7) is 10.2. The summed E-state index contributed by atoms with van der Waals surface area (Å²) < 4.78 is 5.53. The van der Waals surface area contributed by atoms with Crippen LogP contribution >= 0.6 is 0 Å². The Kier molecular flexibility index (Phi) is 8.58. The average Bonchev–Trinajstić information content (AvgIpc) is 3.79. The molecule has 11 nitrogen and oxygen atoms in total. The van der Waals surface area contributed by atoms with Crippen LogP contribution in [0.25, 0.3) is 11.1 Å². The van der Waals surface area contributed by atoms with E-state index in [1.54, 1.807) is 0 Å². The van der Waals surface area contributed by atoms with Crippen LogP contribution in [0.5, 0.6) is 0 Å². The first kappa shape index (κ1) is 33.7. The molecule has 3 fully saturated rings. The van der Waals surface area contributed by atoms with E-state index in [1.807, 2.05) is 26.0 Å². The SMILES string of the molecule is Cc1ccc(-c2c(C)noc2C)cc1N(CC1CCN(Cc2ccc3c(c2)CN(N2CCC(=O)NC2=O)C3=O)CC1)c1ccc(C2(C#N)CC2)cc1.